The lowest BCUT2D eigenvalue weighted by Gasteiger charge is -2.00. The average Bonchev–Trinajstić information content (AvgIpc) is 3.37. The van der Waals surface area contributed by atoms with Crippen molar-refractivity contribution in [2.45, 2.75) is 6.42 Å². The number of hydrogen-bond donors (Lipinski definition) is 0. The summed E-state index contributed by atoms with van der Waals surface area (Å²) in [5.41, 5.74) is 1.05. The minimum absolute atomic E-state index is 0.196. The van der Waals surface area contributed by atoms with Gasteiger partial charge in [-0.05, 0) is 42.0 Å². The lowest BCUT2D eigenvalue weighted by molar-refractivity contribution is 0.571. The number of hydrogen-bond acceptors (Lipinski definition) is 6. The molecule has 0 bridgehead atoms. The summed E-state index contributed by atoms with van der Waals surface area (Å²) in [6.45, 7) is 0. The van der Waals surface area contributed by atoms with Gasteiger partial charge in [0.05, 0.1) is 0 Å². The standard InChI is InChI=1S/C23H13BrClN3O3S/c24-15-5-3-14(4-6-15)19-10-9-17(31-19)12-20-22(30)28-21(29)18(26-27-23(28)32-20)11-13-1-7-16(25)8-2-13/h1-10,12H,11H2/b20-12-. The first-order valence-electron chi connectivity index (χ1n) is 9.51. The van der Waals surface area contributed by atoms with E-state index in [-0.39, 0.29) is 17.1 Å². The molecule has 9 heteroatoms. The molecule has 3 heterocycles. The van der Waals surface area contributed by atoms with Crippen LogP contribution in [0.15, 0.2) is 79.1 Å². The third kappa shape index (κ3) is 4.04. The van der Waals surface area contributed by atoms with Gasteiger partial charge in [-0.15, -0.1) is 10.2 Å². The molecule has 0 saturated heterocycles. The van der Waals surface area contributed by atoms with E-state index in [1.54, 1.807) is 24.3 Å². The fourth-order valence-corrected chi connectivity index (χ4v) is 4.51. The molecule has 0 radical (unpaired) electrons. The third-order valence-corrected chi connectivity index (χ3v) is 6.57. The Morgan fingerprint density at radius 3 is 2.47 bits per heavy atom. The number of benzene rings is 2. The fourth-order valence-electron chi connectivity index (χ4n) is 3.23. The van der Waals surface area contributed by atoms with Crippen LogP contribution in [-0.4, -0.2) is 14.6 Å². The fraction of sp³-hybridized carbons (Fsp3) is 0.0435. The molecule has 0 aliphatic heterocycles. The zero-order valence-electron chi connectivity index (χ0n) is 16.3. The van der Waals surface area contributed by atoms with E-state index in [1.807, 2.05) is 42.5 Å². The highest BCUT2D eigenvalue weighted by molar-refractivity contribution is 9.10. The lowest BCUT2D eigenvalue weighted by atomic mass is 10.1. The Balaban J connectivity index is 1.52. The van der Waals surface area contributed by atoms with E-state index in [4.69, 9.17) is 16.0 Å². The highest BCUT2D eigenvalue weighted by Crippen LogP contribution is 2.24. The van der Waals surface area contributed by atoms with E-state index in [0.29, 0.717) is 21.1 Å². The largest absolute Gasteiger partial charge is 0.457 e. The summed E-state index contributed by atoms with van der Waals surface area (Å²) in [5.74, 6) is 1.19. The van der Waals surface area contributed by atoms with E-state index in [2.05, 4.69) is 26.1 Å². The Morgan fingerprint density at radius 2 is 1.72 bits per heavy atom. The smallest absolute Gasteiger partial charge is 0.283 e. The van der Waals surface area contributed by atoms with Crippen molar-refractivity contribution in [2.24, 2.45) is 0 Å². The molecule has 0 aliphatic rings. The number of halogens is 2. The molecule has 0 atom stereocenters. The van der Waals surface area contributed by atoms with Crippen LogP contribution in [0.2, 0.25) is 5.02 Å². The molecule has 0 fully saturated rings. The summed E-state index contributed by atoms with van der Waals surface area (Å²) >= 11 is 10.4. The van der Waals surface area contributed by atoms with Gasteiger partial charge in [-0.2, -0.15) is 0 Å². The topological polar surface area (TPSA) is 77.5 Å². The molecule has 0 spiro atoms. The molecular formula is C23H13BrClN3O3S. The molecule has 158 valence electrons. The van der Waals surface area contributed by atoms with Crippen LogP contribution in [0.5, 0.6) is 0 Å². The Labute approximate surface area is 198 Å². The van der Waals surface area contributed by atoms with E-state index in [9.17, 15) is 9.59 Å². The van der Waals surface area contributed by atoms with Crippen molar-refractivity contribution in [1.29, 1.82) is 0 Å². The maximum Gasteiger partial charge on any atom is 0.283 e. The molecule has 0 N–H and O–H groups in total. The predicted octanol–water partition coefficient (Wildman–Crippen LogP) is 4.33. The van der Waals surface area contributed by atoms with Gasteiger partial charge in [-0.3, -0.25) is 9.59 Å². The van der Waals surface area contributed by atoms with Gasteiger partial charge in [0, 0.05) is 27.6 Å². The molecule has 2 aromatic carbocycles. The highest BCUT2D eigenvalue weighted by atomic mass is 79.9. The molecule has 0 amide bonds. The SMILES string of the molecule is O=c1c(Cc2ccc(Cl)cc2)nnc2s/c(=C\c3ccc(-c4ccc(Br)cc4)o3)c(=O)n12. The van der Waals surface area contributed by atoms with Crippen molar-refractivity contribution in [3.05, 3.63) is 112 Å². The maximum absolute atomic E-state index is 12.9. The van der Waals surface area contributed by atoms with Gasteiger partial charge in [0.25, 0.3) is 11.1 Å². The molecule has 0 aliphatic carbocycles. The van der Waals surface area contributed by atoms with Crippen LogP contribution in [0, 0.1) is 0 Å². The van der Waals surface area contributed by atoms with Crippen LogP contribution in [0.25, 0.3) is 22.4 Å². The van der Waals surface area contributed by atoms with E-state index >= 15 is 0 Å². The number of thiazole rings is 1. The van der Waals surface area contributed by atoms with Crippen molar-refractivity contribution < 1.29 is 4.42 Å². The Kier molecular flexibility index (Phi) is 5.50. The molecule has 5 aromatic rings. The summed E-state index contributed by atoms with van der Waals surface area (Å²) in [4.78, 5) is 26.1. The van der Waals surface area contributed by atoms with Gasteiger partial charge >= 0.3 is 0 Å². The molecule has 0 unspecified atom stereocenters. The number of fused-ring (bicyclic) bond motifs is 1. The summed E-state index contributed by atoms with van der Waals surface area (Å²) in [6.07, 6.45) is 1.87. The van der Waals surface area contributed by atoms with Gasteiger partial charge in [0.15, 0.2) is 0 Å². The molecule has 6 nitrogen and oxygen atoms in total. The maximum atomic E-state index is 12.9. The van der Waals surface area contributed by atoms with Gasteiger partial charge in [-0.1, -0.05) is 63.1 Å². The number of rotatable bonds is 4. The van der Waals surface area contributed by atoms with Crippen molar-refractivity contribution in [3.8, 4) is 11.3 Å². The number of furan rings is 1. The van der Waals surface area contributed by atoms with Crippen molar-refractivity contribution in [1.82, 2.24) is 14.6 Å². The monoisotopic (exact) mass is 525 g/mol. The van der Waals surface area contributed by atoms with Crippen LogP contribution in [0.3, 0.4) is 0 Å². The Morgan fingerprint density at radius 1 is 0.969 bits per heavy atom. The van der Waals surface area contributed by atoms with Gasteiger partial charge in [0.2, 0.25) is 4.96 Å². The quantitative estimate of drug-likeness (QED) is 0.348. The van der Waals surface area contributed by atoms with Crippen molar-refractivity contribution >= 4 is 49.9 Å². The molecule has 5 rings (SSSR count). The van der Waals surface area contributed by atoms with Crippen LogP contribution < -0.4 is 15.7 Å². The summed E-state index contributed by atoms with van der Waals surface area (Å²) in [6, 6.07) is 18.4. The zero-order chi connectivity index (χ0) is 22.2. The summed E-state index contributed by atoms with van der Waals surface area (Å²) < 4.78 is 8.25. The third-order valence-electron chi connectivity index (χ3n) is 4.83. The summed E-state index contributed by atoms with van der Waals surface area (Å²) in [5, 5.41) is 8.75. The Bertz CT molecular complexity index is 1610. The van der Waals surface area contributed by atoms with E-state index < -0.39 is 11.1 Å². The predicted molar refractivity (Wildman–Crippen MR) is 128 cm³/mol. The second-order valence-corrected chi connectivity index (χ2v) is 9.36. The van der Waals surface area contributed by atoms with Gasteiger partial charge < -0.3 is 4.42 Å². The zero-order valence-corrected chi connectivity index (χ0v) is 19.4. The second-order valence-electron chi connectivity index (χ2n) is 7.00. The molecule has 3 aromatic heterocycles. The van der Waals surface area contributed by atoms with Crippen LogP contribution in [0.4, 0.5) is 0 Å². The first-order valence-corrected chi connectivity index (χ1v) is 11.5. The average molecular weight is 527 g/mol. The molecular weight excluding hydrogens is 514 g/mol. The minimum Gasteiger partial charge on any atom is -0.457 e. The first-order chi connectivity index (χ1) is 15.5. The minimum atomic E-state index is -0.471. The van der Waals surface area contributed by atoms with E-state index in [1.165, 1.54) is 0 Å². The van der Waals surface area contributed by atoms with Crippen LogP contribution in [0.1, 0.15) is 17.0 Å². The number of nitrogens with zero attached hydrogens (tertiary/aromatic N) is 3. The first kappa shape index (κ1) is 20.8. The lowest BCUT2D eigenvalue weighted by Crippen LogP contribution is -2.33. The summed E-state index contributed by atoms with van der Waals surface area (Å²) in [7, 11) is 0. The van der Waals surface area contributed by atoms with Crippen LogP contribution in [-0.2, 0) is 6.42 Å². The molecule has 32 heavy (non-hydrogen) atoms. The highest BCUT2D eigenvalue weighted by Gasteiger charge is 2.14. The van der Waals surface area contributed by atoms with Crippen molar-refractivity contribution in [3.63, 3.8) is 0 Å². The van der Waals surface area contributed by atoms with Crippen LogP contribution >= 0.6 is 38.9 Å². The number of aromatic nitrogens is 3. The van der Waals surface area contributed by atoms with Crippen molar-refractivity contribution in [2.75, 3.05) is 0 Å². The van der Waals surface area contributed by atoms with E-state index in [0.717, 1.165) is 31.3 Å². The van der Waals surface area contributed by atoms with Gasteiger partial charge in [0.1, 0.15) is 21.7 Å². The Hall–Kier alpha value is -3.07. The second kappa shape index (κ2) is 8.46. The molecule has 0 saturated carbocycles. The normalized spacial score (nSPS) is 12.0. The van der Waals surface area contributed by atoms with Gasteiger partial charge in [-0.25, -0.2) is 4.40 Å².